The van der Waals surface area contributed by atoms with Crippen molar-refractivity contribution in [3.05, 3.63) is 69.9 Å². The Morgan fingerprint density at radius 3 is 2.77 bits per heavy atom. The number of aromatic nitrogens is 1. The Bertz CT molecular complexity index is 966. The van der Waals surface area contributed by atoms with E-state index < -0.39 is 17.0 Å². The molecule has 0 spiro atoms. The number of rotatable bonds is 7. The van der Waals surface area contributed by atoms with E-state index in [2.05, 4.69) is 4.98 Å². The lowest BCUT2D eigenvalue weighted by atomic mass is 10.1. The molecule has 0 aliphatic carbocycles. The highest BCUT2D eigenvalue weighted by Crippen LogP contribution is 2.31. The summed E-state index contributed by atoms with van der Waals surface area (Å²) in [6.45, 7) is 0.478. The third-order valence-corrected chi connectivity index (χ3v) is 4.05. The van der Waals surface area contributed by atoms with Crippen molar-refractivity contribution in [2.75, 3.05) is 6.54 Å². The first-order chi connectivity index (χ1) is 12.5. The summed E-state index contributed by atoms with van der Waals surface area (Å²) in [4.78, 5) is 25.4. The van der Waals surface area contributed by atoms with Crippen LogP contribution >= 0.6 is 0 Å². The Kier molecular flexibility index (Phi) is 4.85. The second-order valence-electron chi connectivity index (χ2n) is 5.71. The van der Waals surface area contributed by atoms with Gasteiger partial charge in [-0.2, -0.15) is 0 Å². The van der Waals surface area contributed by atoms with E-state index in [0.717, 1.165) is 16.5 Å². The topological polar surface area (TPSA) is 131 Å². The smallest absolute Gasteiger partial charge is 0.349 e. The molecule has 3 aromatic rings. The van der Waals surface area contributed by atoms with Gasteiger partial charge in [0.15, 0.2) is 0 Å². The fraction of sp³-hybridized carbons (Fsp3) is 0.167. The molecule has 8 heteroatoms. The highest BCUT2D eigenvalue weighted by molar-refractivity contribution is 5.85. The Morgan fingerprint density at radius 1 is 1.31 bits per heavy atom. The van der Waals surface area contributed by atoms with Gasteiger partial charge in [-0.05, 0) is 42.8 Å². The molecule has 0 fully saturated rings. The number of carbonyl (C=O) groups is 1. The van der Waals surface area contributed by atoms with Crippen LogP contribution in [0.2, 0.25) is 0 Å². The number of nitro benzene ring substituents is 1. The summed E-state index contributed by atoms with van der Waals surface area (Å²) in [5, 5.41) is 21.6. The highest BCUT2D eigenvalue weighted by atomic mass is 16.6. The molecule has 0 aliphatic rings. The minimum absolute atomic E-state index is 0.0126. The lowest BCUT2D eigenvalue weighted by molar-refractivity contribution is -0.386. The molecule has 2 aromatic carbocycles. The van der Waals surface area contributed by atoms with Gasteiger partial charge in [0.1, 0.15) is 5.75 Å². The predicted molar refractivity (Wildman–Crippen MR) is 95.2 cm³/mol. The molecule has 3 rings (SSSR count). The summed E-state index contributed by atoms with van der Waals surface area (Å²) in [5.41, 5.74) is 7.16. The van der Waals surface area contributed by atoms with E-state index in [1.807, 2.05) is 6.20 Å². The van der Waals surface area contributed by atoms with E-state index >= 15 is 0 Å². The Morgan fingerprint density at radius 2 is 2.08 bits per heavy atom. The molecule has 0 aliphatic heterocycles. The molecular formula is C18H17N3O5. The molecule has 8 nitrogen and oxygen atoms in total. The number of nitrogens with zero attached hydrogens (tertiary/aromatic N) is 1. The minimum Gasteiger partial charge on any atom is -0.478 e. The van der Waals surface area contributed by atoms with Crippen molar-refractivity contribution in [2.45, 2.75) is 12.5 Å². The van der Waals surface area contributed by atoms with Gasteiger partial charge in [0.05, 0.1) is 10.5 Å². The first kappa shape index (κ1) is 17.4. The quantitative estimate of drug-likeness (QED) is 0.441. The van der Waals surface area contributed by atoms with Crippen LogP contribution in [-0.4, -0.2) is 27.5 Å². The first-order valence-corrected chi connectivity index (χ1v) is 7.94. The lowest BCUT2D eigenvalue weighted by Crippen LogP contribution is -2.19. The average Bonchev–Trinajstić information content (AvgIpc) is 3.02. The fourth-order valence-corrected chi connectivity index (χ4v) is 2.85. The predicted octanol–water partition coefficient (Wildman–Crippen LogP) is 2.78. The van der Waals surface area contributed by atoms with Gasteiger partial charge in [-0.15, -0.1) is 0 Å². The fourth-order valence-electron chi connectivity index (χ4n) is 2.85. The zero-order valence-corrected chi connectivity index (χ0v) is 13.7. The minimum atomic E-state index is -1.49. The number of para-hydroxylation sites is 1. The number of nitrogens with two attached hydrogens (primary N) is 1. The van der Waals surface area contributed by atoms with Gasteiger partial charge in [0, 0.05) is 23.2 Å². The first-order valence-electron chi connectivity index (χ1n) is 7.94. The van der Waals surface area contributed by atoms with Crippen molar-refractivity contribution in [1.82, 2.24) is 4.98 Å². The number of hydrogen-bond acceptors (Lipinski definition) is 5. The van der Waals surface area contributed by atoms with Gasteiger partial charge in [-0.1, -0.05) is 12.1 Å². The standard InChI is InChI=1S/C18H17N3O5/c19-8-7-11-10-20-15-6-5-12(9-14(11)15)26-17(18(22)23)13-3-1-2-4-16(13)21(24)25/h1-6,9-10,17,20H,7-8,19H2,(H,22,23). The van der Waals surface area contributed by atoms with Crippen molar-refractivity contribution in [3.63, 3.8) is 0 Å². The Balaban J connectivity index is 1.99. The molecule has 0 radical (unpaired) electrons. The maximum atomic E-state index is 11.7. The molecular weight excluding hydrogens is 338 g/mol. The Hall–Kier alpha value is -3.39. The summed E-state index contributed by atoms with van der Waals surface area (Å²) in [7, 11) is 0. The third-order valence-electron chi connectivity index (χ3n) is 4.05. The number of nitrogens with one attached hydrogen (secondary N) is 1. The van der Waals surface area contributed by atoms with Crippen LogP contribution in [0.3, 0.4) is 0 Å². The van der Waals surface area contributed by atoms with Crippen LogP contribution in [0.15, 0.2) is 48.7 Å². The van der Waals surface area contributed by atoms with Gasteiger partial charge in [0.2, 0.25) is 6.10 Å². The van der Waals surface area contributed by atoms with Crippen LogP contribution in [0, 0.1) is 10.1 Å². The molecule has 0 bridgehead atoms. The molecule has 0 saturated heterocycles. The monoisotopic (exact) mass is 355 g/mol. The second kappa shape index (κ2) is 7.24. The van der Waals surface area contributed by atoms with Gasteiger partial charge < -0.3 is 20.6 Å². The number of carboxylic acid groups (broad SMARTS) is 1. The summed E-state index contributed by atoms with van der Waals surface area (Å²) >= 11 is 0. The third kappa shape index (κ3) is 3.35. The van der Waals surface area contributed by atoms with Crippen LogP contribution in [0.25, 0.3) is 10.9 Å². The Labute approximate surface area is 148 Å². The SMILES string of the molecule is NCCc1c[nH]c2ccc(OC(C(=O)O)c3ccccc3[N+](=O)[O-])cc12. The molecule has 1 heterocycles. The number of fused-ring (bicyclic) bond motifs is 1. The molecule has 134 valence electrons. The molecule has 0 saturated carbocycles. The number of nitro groups is 1. The van der Waals surface area contributed by atoms with Crippen molar-refractivity contribution in [1.29, 1.82) is 0 Å². The van der Waals surface area contributed by atoms with Crippen LogP contribution in [0.5, 0.6) is 5.75 Å². The lowest BCUT2D eigenvalue weighted by Gasteiger charge is -2.16. The largest absolute Gasteiger partial charge is 0.478 e. The maximum Gasteiger partial charge on any atom is 0.349 e. The molecule has 26 heavy (non-hydrogen) atoms. The zero-order valence-electron chi connectivity index (χ0n) is 13.7. The van der Waals surface area contributed by atoms with Crippen molar-refractivity contribution >= 4 is 22.6 Å². The van der Waals surface area contributed by atoms with E-state index in [-0.39, 0.29) is 11.3 Å². The van der Waals surface area contributed by atoms with Gasteiger partial charge in [0.25, 0.3) is 5.69 Å². The van der Waals surface area contributed by atoms with E-state index in [4.69, 9.17) is 10.5 Å². The number of carboxylic acids is 1. The highest BCUT2D eigenvalue weighted by Gasteiger charge is 2.29. The summed E-state index contributed by atoms with van der Waals surface area (Å²) in [6.07, 6.45) is 1.01. The number of aliphatic carboxylic acids is 1. The number of aromatic amines is 1. The van der Waals surface area contributed by atoms with Gasteiger partial charge in [-0.25, -0.2) is 4.79 Å². The van der Waals surface area contributed by atoms with Crippen LogP contribution in [-0.2, 0) is 11.2 Å². The second-order valence-corrected chi connectivity index (χ2v) is 5.71. The molecule has 0 amide bonds. The van der Waals surface area contributed by atoms with Crippen molar-refractivity contribution < 1.29 is 19.6 Å². The summed E-state index contributed by atoms with van der Waals surface area (Å²) in [5.74, 6) is -1.00. The van der Waals surface area contributed by atoms with Crippen LogP contribution in [0.1, 0.15) is 17.2 Å². The molecule has 1 unspecified atom stereocenters. The summed E-state index contributed by atoms with van der Waals surface area (Å²) < 4.78 is 5.61. The van der Waals surface area contributed by atoms with Crippen LogP contribution in [0.4, 0.5) is 5.69 Å². The van der Waals surface area contributed by atoms with Gasteiger partial charge >= 0.3 is 5.97 Å². The average molecular weight is 355 g/mol. The summed E-state index contributed by atoms with van der Waals surface area (Å²) in [6, 6.07) is 10.7. The van der Waals surface area contributed by atoms with Crippen molar-refractivity contribution in [3.8, 4) is 5.75 Å². The zero-order chi connectivity index (χ0) is 18.7. The van der Waals surface area contributed by atoms with Crippen molar-refractivity contribution in [2.24, 2.45) is 5.73 Å². The van der Waals surface area contributed by atoms with E-state index in [0.29, 0.717) is 18.7 Å². The van der Waals surface area contributed by atoms with E-state index in [1.165, 1.54) is 24.3 Å². The normalized spacial score (nSPS) is 12.0. The van der Waals surface area contributed by atoms with E-state index in [1.54, 1.807) is 18.2 Å². The van der Waals surface area contributed by atoms with Gasteiger partial charge in [-0.3, -0.25) is 10.1 Å². The van der Waals surface area contributed by atoms with Crippen LogP contribution < -0.4 is 10.5 Å². The molecule has 1 atom stereocenters. The number of hydrogen-bond donors (Lipinski definition) is 3. The molecule has 4 N–H and O–H groups in total. The maximum absolute atomic E-state index is 11.7. The van der Waals surface area contributed by atoms with E-state index in [9.17, 15) is 20.0 Å². The molecule has 1 aromatic heterocycles. The number of benzene rings is 2. The number of H-pyrrole nitrogens is 1. The number of ether oxygens (including phenoxy) is 1.